The first-order valence-electron chi connectivity index (χ1n) is 7.16. The number of halogens is 1. The van der Waals surface area contributed by atoms with Gasteiger partial charge in [0, 0.05) is 29.8 Å². The van der Waals surface area contributed by atoms with Gasteiger partial charge in [-0.25, -0.2) is 9.97 Å². The van der Waals surface area contributed by atoms with Crippen molar-refractivity contribution in [2.45, 2.75) is 26.7 Å². The summed E-state index contributed by atoms with van der Waals surface area (Å²) in [5, 5.41) is 3.32. The van der Waals surface area contributed by atoms with Crippen molar-refractivity contribution in [2.24, 2.45) is 0 Å². The predicted octanol–water partition coefficient (Wildman–Crippen LogP) is 4.53. The molecule has 0 atom stereocenters. The monoisotopic (exact) mass is 348 g/mol. The summed E-state index contributed by atoms with van der Waals surface area (Å²) in [5.41, 5.74) is 2.21. The van der Waals surface area contributed by atoms with Gasteiger partial charge in [-0.1, -0.05) is 29.3 Å². The van der Waals surface area contributed by atoms with E-state index >= 15 is 0 Å². The number of unbranched alkanes of at least 4 members (excludes halogenated alkanes) is 1. The van der Waals surface area contributed by atoms with E-state index in [1.54, 1.807) is 6.33 Å². The van der Waals surface area contributed by atoms with Crippen LogP contribution in [0.15, 0.2) is 35.1 Å². The molecule has 1 heterocycles. The first kappa shape index (κ1) is 15.8. The molecule has 1 aromatic heterocycles. The molecule has 1 N–H and O–H groups in total. The highest BCUT2D eigenvalue weighted by Gasteiger charge is 2.05. The minimum Gasteiger partial charge on any atom is -0.360 e. The second kappa shape index (κ2) is 7.41. The molecule has 0 fully saturated rings. The highest BCUT2D eigenvalue weighted by molar-refractivity contribution is 9.10. The van der Waals surface area contributed by atoms with Gasteiger partial charge in [-0.15, -0.1) is 0 Å². The summed E-state index contributed by atoms with van der Waals surface area (Å²) in [7, 11) is 2.06. The summed E-state index contributed by atoms with van der Waals surface area (Å²) < 4.78 is 1.11. The molecular formula is C16H21BrN4. The van der Waals surface area contributed by atoms with Gasteiger partial charge in [0.15, 0.2) is 0 Å². The van der Waals surface area contributed by atoms with Gasteiger partial charge < -0.3 is 10.2 Å². The lowest BCUT2D eigenvalue weighted by Crippen LogP contribution is -2.19. The standard InChI is InChI=1S/C16H21BrN4/c1-4-5-8-21(3)16-10-15(18-11-19-16)20-13-6-7-14(17)12(2)9-13/h6-7,9-11H,4-5,8H2,1-3H3,(H,18,19,20). The Hall–Kier alpha value is -1.62. The fourth-order valence-corrected chi connectivity index (χ4v) is 2.25. The average molecular weight is 349 g/mol. The van der Waals surface area contributed by atoms with Gasteiger partial charge in [-0.3, -0.25) is 0 Å². The molecule has 0 amide bonds. The highest BCUT2D eigenvalue weighted by atomic mass is 79.9. The van der Waals surface area contributed by atoms with E-state index in [1.165, 1.54) is 12.0 Å². The molecule has 0 unspecified atom stereocenters. The van der Waals surface area contributed by atoms with Gasteiger partial charge in [-0.05, 0) is 37.1 Å². The Morgan fingerprint density at radius 1 is 1.24 bits per heavy atom. The van der Waals surface area contributed by atoms with Crippen molar-refractivity contribution in [3.05, 3.63) is 40.6 Å². The molecule has 0 radical (unpaired) electrons. The van der Waals surface area contributed by atoms with E-state index < -0.39 is 0 Å². The lowest BCUT2D eigenvalue weighted by molar-refractivity contribution is 0.758. The van der Waals surface area contributed by atoms with E-state index in [4.69, 9.17) is 0 Å². The van der Waals surface area contributed by atoms with Crippen LogP contribution in [-0.4, -0.2) is 23.6 Å². The van der Waals surface area contributed by atoms with E-state index in [1.807, 2.05) is 18.2 Å². The molecule has 112 valence electrons. The topological polar surface area (TPSA) is 41.0 Å². The number of benzene rings is 1. The summed E-state index contributed by atoms with van der Waals surface area (Å²) in [5.74, 6) is 1.75. The molecule has 5 heteroatoms. The molecule has 4 nitrogen and oxygen atoms in total. The van der Waals surface area contributed by atoms with E-state index in [2.05, 4.69) is 63.1 Å². The van der Waals surface area contributed by atoms with E-state index in [9.17, 15) is 0 Å². The summed E-state index contributed by atoms with van der Waals surface area (Å²) >= 11 is 3.51. The van der Waals surface area contributed by atoms with Crippen molar-refractivity contribution in [1.82, 2.24) is 9.97 Å². The fraction of sp³-hybridized carbons (Fsp3) is 0.375. The number of nitrogens with one attached hydrogen (secondary N) is 1. The second-order valence-corrected chi connectivity index (χ2v) is 5.98. The number of anilines is 3. The fourth-order valence-electron chi connectivity index (χ4n) is 2.00. The summed E-state index contributed by atoms with van der Waals surface area (Å²) in [4.78, 5) is 10.8. The number of rotatable bonds is 6. The Morgan fingerprint density at radius 2 is 2.05 bits per heavy atom. The summed E-state index contributed by atoms with van der Waals surface area (Å²) in [6.45, 7) is 5.26. The third-order valence-corrected chi connectivity index (χ3v) is 4.21. The lowest BCUT2D eigenvalue weighted by atomic mass is 10.2. The van der Waals surface area contributed by atoms with E-state index in [0.717, 1.165) is 34.8 Å². The van der Waals surface area contributed by atoms with Gasteiger partial charge >= 0.3 is 0 Å². The van der Waals surface area contributed by atoms with Crippen molar-refractivity contribution in [1.29, 1.82) is 0 Å². The maximum absolute atomic E-state index is 4.33. The molecular weight excluding hydrogens is 328 g/mol. The largest absolute Gasteiger partial charge is 0.360 e. The summed E-state index contributed by atoms with van der Waals surface area (Å²) in [6, 6.07) is 8.13. The third-order valence-electron chi connectivity index (χ3n) is 3.32. The number of aryl methyl sites for hydroxylation is 1. The highest BCUT2D eigenvalue weighted by Crippen LogP contribution is 2.23. The zero-order valence-corrected chi connectivity index (χ0v) is 14.3. The SMILES string of the molecule is CCCCN(C)c1cc(Nc2ccc(Br)c(C)c2)ncn1. The maximum atomic E-state index is 4.33. The van der Waals surface area contributed by atoms with Crippen LogP contribution in [0.5, 0.6) is 0 Å². The number of hydrogen-bond acceptors (Lipinski definition) is 4. The van der Waals surface area contributed by atoms with Crippen molar-refractivity contribution in [2.75, 3.05) is 23.8 Å². The molecule has 0 saturated heterocycles. The Bertz CT molecular complexity index is 601. The third kappa shape index (κ3) is 4.43. The number of aromatic nitrogens is 2. The van der Waals surface area contributed by atoms with Crippen LogP contribution in [0.1, 0.15) is 25.3 Å². The molecule has 21 heavy (non-hydrogen) atoms. The number of nitrogens with zero attached hydrogens (tertiary/aromatic N) is 3. The molecule has 0 saturated carbocycles. The van der Waals surface area contributed by atoms with Crippen LogP contribution in [0, 0.1) is 6.92 Å². The van der Waals surface area contributed by atoms with Crippen molar-refractivity contribution >= 4 is 33.3 Å². The Morgan fingerprint density at radius 3 is 2.76 bits per heavy atom. The van der Waals surface area contributed by atoms with Crippen LogP contribution in [0.25, 0.3) is 0 Å². The molecule has 1 aromatic carbocycles. The first-order chi connectivity index (χ1) is 10.1. The van der Waals surface area contributed by atoms with Gasteiger partial charge in [0.2, 0.25) is 0 Å². The smallest absolute Gasteiger partial charge is 0.135 e. The zero-order valence-electron chi connectivity index (χ0n) is 12.7. The molecule has 0 aliphatic carbocycles. The summed E-state index contributed by atoms with van der Waals surface area (Å²) in [6.07, 6.45) is 3.94. The number of hydrogen-bond donors (Lipinski definition) is 1. The normalized spacial score (nSPS) is 10.5. The average Bonchev–Trinajstić information content (AvgIpc) is 2.49. The molecule has 0 spiro atoms. The minimum absolute atomic E-state index is 0.810. The van der Waals surface area contributed by atoms with Gasteiger partial charge in [-0.2, -0.15) is 0 Å². The Labute approximate surface area is 134 Å². The maximum Gasteiger partial charge on any atom is 0.135 e. The zero-order chi connectivity index (χ0) is 15.2. The van der Waals surface area contributed by atoms with Gasteiger partial charge in [0.05, 0.1) is 0 Å². The van der Waals surface area contributed by atoms with E-state index in [0.29, 0.717) is 0 Å². The Kier molecular flexibility index (Phi) is 5.56. The van der Waals surface area contributed by atoms with Crippen LogP contribution >= 0.6 is 15.9 Å². The van der Waals surface area contributed by atoms with Crippen LogP contribution in [0.4, 0.5) is 17.3 Å². The van der Waals surface area contributed by atoms with Crippen LogP contribution in [0.2, 0.25) is 0 Å². The molecule has 0 aliphatic heterocycles. The first-order valence-corrected chi connectivity index (χ1v) is 7.96. The van der Waals surface area contributed by atoms with Crippen LogP contribution in [0.3, 0.4) is 0 Å². The van der Waals surface area contributed by atoms with E-state index in [-0.39, 0.29) is 0 Å². The lowest BCUT2D eigenvalue weighted by Gasteiger charge is -2.18. The van der Waals surface area contributed by atoms with Gasteiger partial charge in [0.25, 0.3) is 0 Å². The molecule has 2 rings (SSSR count). The van der Waals surface area contributed by atoms with Crippen LogP contribution < -0.4 is 10.2 Å². The van der Waals surface area contributed by atoms with Crippen molar-refractivity contribution < 1.29 is 0 Å². The quantitative estimate of drug-likeness (QED) is 0.832. The molecule has 2 aromatic rings. The Balaban J connectivity index is 2.11. The van der Waals surface area contributed by atoms with Crippen molar-refractivity contribution in [3.8, 4) is 0 Å². The van der Waals surface area contributed by atoms with Crippen molar-refractivity contribution in [3.63, 3.8) is 0 Å². The molecule has 0 bridgehead atoms. The minimum atomic E-state index is 0.810. The molecule has 0 aliphatic rings. The van der Waals surface area contributed by atoms with Crippen LogP contribution in [-0.2, 0) is 0 Å². The second-order valence-electron chi connectivity index (χ2n) is 5.13. The van der Waals surface area contributed by atoms with Gasteiger partial charge in [0.1, 0.15) is 18.0 Å². The predicted molar refractivity (Wildman–Crippen MR) is 92.4 cm³/mol.